The van der Waals surface area contributed by atoms with E-state index in [4.69, 9.17) is 151 Å². The summed E-state index contributed by atoms with van der Waals surface area (Å²) in [6.45, 7) is 0. The molecule has 5 fully saturated rings. The largest absolute Gasteiger partial charge is 0.303 e. The van der Waals surface area contributed by atoms with Crippen LogP contribution in [0.5, 0.6) is 0 Å². The normalized spacial score (nSPS) is 58.9. The lowest BCUT2D eigenvalue weighted by atomic mass is 9.84. The van der Waals surface area contributed by atoms with Gasteiger partial charge in [0, 0.05) is 23.7 Å². The lowest BCUT2D eigenvalue weighted by Gasteiger charge is -2.39. The highest BCUT2D eigenvalue weighted by atomic mass is 35.5. The second-order valence-corrected chi connectivity index (χ2v) is 18.7. The van der Waals surface area contributed by atoms with Gasteiger partial charge in [0.1, 0.15) is 34.4 Å². The summed E-state index contributed by atoms with van der Waals surface area (Å²) in [7, 11) is 0. The minimum Gasteiger partial charge on any atom is -0.303 e. The van der Waals surface area contributed by atoms with E-state index in [1.807, 2.05) is 12.2 Å². The van der Waals surface area contributed by atoms with Crippen molar-refractivity contribution in [3.63, 3.8) is 0 Å². The fourth-order valence-corrected chi connectivity index (χ4v) is 15.4. The highest BCUT2D eigenvalue weighted by molar-refractivity contribution is 6.66. The second-order valence-electron chi connectivity index (χ2n) is 10.8. The van der Waals surface area contributed by atoms with E-state index >= 15 is 0 Å². The molecule has 7 aliphatic carbocycles. The van der Waals surface area contributed by atoms with Crippen molar-refractivity contribution in [3.8, 4) is 0 Å². The number of carbonyl (C=O) groups is 1. The molecule has 0 aromatic carbocycles. The molecule has 12 atom stereocenters. The maximum Gasteiger partial charge on any atom is 0.167 e. The van der Waals surface area contributed by atoms with Crippen LogP contribution in [-0.4, -0.2) is 44.2 Å². The molecule has 0 aromatic heterocycles. The Kier molecular flexibility index (Phi) is 6.52. The maximum absolute atomic E-state index is 11.3. The number of alkyl halides is 11. The molecule has 5 saturated carbocycles. The Morgan fingerprint density at radius 3 is 1.94 bits per heavy atom. The number of hydrogen-bond donors (Lipinski definition) is 0. The van der Waals surface area contributed by atoms with Crippen LogP contribution in [-0.2, 0) is 4.79 Å². The minimum absolute atomic E-state index is 0.0208. The first-order valence-corrected chi connectivity index (χ1v) is 16.0. The van der Waals surface area contributed by atoms with E-state index in [0.717, 1.165) is 12.7 Å². The molecule has 200 valence electrons. The van der Waals surface area contributed by atoms with Gasteiger partial charge < -0.3 is 4.79 Å². The van der Waals surface area contributed by atoms with Gasteiger partial charge in [0.05, 0.1) is 15.4 Å². The van der Waals surface area contributed by atoms with Crippen molar-refractivity contribution >= 4 is 157 Å². The van der Waals surface area contributed by atoms with Gasteiger partial charge in [0.2, 0.25) is 0 Å². The molecule has 0 spiro atoms. The summed E-state index contributed by atoms with van der Waals surface area (Å²) in [6, 6.07) is 0. The topological polar surface area (TPSA) is 17.1 Å². The zero-order valence-electron chi connectivity index (χ0n) is 17.6. The molecule has 1 nitrogen and oxygen atoms in total. The molecule has 12 unspecified atom stereocenters. The van der Waals surface area contributed by atoms with Crippen LogP contribution in [0.1, 0.15) is 12.8 Å². The van der Waals surface area contributed by atoms with Gasteiger partial charge >= 0.3 is 0 Å². The standard InChI is InChI=1S/C12H10Cl6O.C10H5Cl7/c13-9(14)2-6-4(3-19)1-5-7(6)10(9,15)11(16)8(5)12(11,17)18;11-4-2-1-3-5(4)9(15)7(13)6(12)8(3,14)10(9,16)17/h3-8H,1-2H2;1-5H. The van der Waals surface area contributed by atoms with Crippen LogP contribution in [0.4, 0.5) is 0 Å². The van der Waals surface area contributed by atoms with Crippen molar-refractivity contribution < 1.29 is 4.79 Å². The van der Waals surface area contributed by atoms with Crippen molar-refractivity contribution in [1.29, 1.82) is 0 Å². The Morgan fingerprint density at radius 2 is 1.36 bits per heavy atom. The van der Waals surface area contributed by atoms with Crippen LogP contribution in [0.3, 0.4) is 0 Å². The van der Waals surface area contributed by atoms with Gasteiger partial charge in [-0.1, -0.05) is 105 Å². The monoisotopic (exact) mass is 750 g/mol. The van der Waals surface area contributed by atoms with E-state index in [-0.39, 0.29) is 56.9 Å². The summed E-state index contributed by atoms with van der Waals surface area (Å²) >= 11 is 83.7. The van der Waals surface area contributed by atoms with E-state index < -0.39 is 32.5 Å². The number of carbonyl (C=O) groups excluding carboxylic acids is 1. The molecule has 36 heavy (non-hydrogen) atoms. The summed E-state index contributed by atoms with van der Waals surface area (Å²) in [5.41, 5.74) is 0. The molecule has 2 bridgehead atoms. The fourth-order valence-electron chi connectivity index (χ4n) is 8.30. The lowest BCUT2D eigenvalue weighted by Crippen LogP contribution is -2.51. The van der Waals surface area contributed by atoms with Crippen LogP contribution in [0.2, 0.25) is 0 Å². The minimum atomic E-state index is -1.48. The summed E-state index contributed by atoms with van der Waals surface area (Å²) < 4.78 is -3.80. The van der Waals surface area contributed by atoms with Crippen molar-refractivity contribution in [2.45, 2.75) is 50.7 Å². The van der Waals surface area contributed by atoms with Gasteiger partial charge in [-0.3, -0.25) is 0 Å². The number of hydrogen-bond acceptors (Lipinski definition) is 1. The Hall–Kier alpha value is 2.92. The molecule has 0 aromatic rings. The quantitative estimate of drug-likeness (QED) is 0.148. The van der Waals surface area contributed by atoms with E-state index in [9.17, 15) is 4.79 Å². The van der Waals surface area contributed by atoms with Crippen LogP contribution in [0.15, 0.2) is 22.2 Å². The van der Waals surface area contributed by atoms with E-state index in [0.29, 0.717) is 6.42 Å². The van der Waals surface area contributed by atoms with E-state index in [1.165, 1.54) is 0 Å². The third-order valence-electron chi connectivity index (χ3n) is 9.75. The van der Waals surface area contributed by atoms with Gasteiger partial charge in [-0.05, 0) is 30.6 Å². The molecule has 7 aliphatic rings. The van der Waals surface area contributed by atoms with E-state index in [2.05, 4.69) is 0 Å². The van der Waals surface area contributed by atoms with Gasteiger partial charge in [0.15, 0.2) is 4.33 Å². The fraction of sp³-hybridized carbons (Fsp3) is 0.773. The van der Waals surface area contributed by atoms with Crippen molar-refractivity contribution in [1.82, 2.24) is 0 Å². The first kappa shape index (κ1) is 29.0. The predicted molar refractivity (Wildman–Crippen MR) is 155 cm³/mol. The number of fused-ring (bicyclic) bond motifs is 8. The summed E-state index contributed by atoms with van der Waals surface area (Å²) in [5.74, 6) is -0.447. The van der Waals surface area contributed by atoms with Crippen molar-refractivity contribution in [2.75, 3.05) is 0 Å². The highest BCUT2D eigenvalue weighted by Crippen LogP contribution is 2.90. The average Bonchev–Trinajstić information content (AvgIpc) is 3.31. The molecule has 0 aliphatic heterocycles. The maximum atomic E-state index is 11.3. The number of halogens is 13. The third-order valence-corrected chi connectivity index (χ3v) is 18.6. The SMILES string of the molecule is ClC1=C(Cl)C2(Cl)C3C(Cl)C=CC3C1(Cl)C2(Cl)Cl.O=CC1CC2C3C1CC(Cl)(Cl)C3(Cl)C1(Cl)C2C1(Cl)Cl. The Bertz CT molecular complexity index is 1130. The zero-order valence-corrected chi connectivity index (χ0v) is 27.4. The van der Waals surface area contributed by atoms with Gasteiger partial charge in [-0.2, -0.15) is 0 Å². The summed E-state index contributed by atoms with van der Waals surface area (Å²) in [6.07, 6.45) is 5.88. The predicted octanol–water partition coefficient (Wildman–Crippen LogP) is 9.65. The van der Waals surface area contributed by atoms with E-state index in [1.54, 1.807) is 0 Å². The highest BCUT2D eigenvalue weighted by Gasteiger charge is 2.97. The van der Waals surface area contributed by atoms with Gasteiger partial charge in [-0.15, -0.1) is 58.0 Å². The van der Waals surface area contributed by atoms with Crippen LogP contribution >= 0.6 is 151 Å². The Labute approximate surface area is 273 Å². The van der Waals surface area contributed by atoms with Crippen LogP contribution in [0, 0.1) is 41.4 Å². The first-order chi connectivity index (χ1) is 16.3. The zero-order chi connectivity index (χ0) is 26.8. The summed E-state index contributed by atoms with van der Waals surface area (Å²) in [4.78, 5) is 6.77. The molecule has 7 rings (SSSR count). The molecule has 0 radical (unpaired) electrons. The average molecular weight is 756 g/mol. The lowest BCUT2D eigenvalue weighted by molar-refractivity contribution is -0.112. The Morgan fingerprint density at radius 1 is 0.778 bits per heavy atom. The molecular weight excluding hydrogens is 741 g/mol. The second kappa shape index (κ2) is 8.09. The molecule has 0 N–H and O–H groups in total. The van der Waals surface area contributed by atoms with Crippen LogP contribution < -0.4 is 0 Å². The number of aldehydes is 1. The molecular formula is C22H15Cl13O. The van der Waals surface area contributed by atoms with Crippen molar-refractivity contribution in [3.05, 3.63) is 22.2 Å². The van der Waals surface area contributed by atoms with Crippen molar-refractivity contribution in [2.24, 2.45) is 41.4 Å². The molecule has 0 heterocycles. The number of rotatable bonds is 1. The summed E-state index contributed by atoms with van der Waals surface area (Å²) in [5, 5.41) is 0.113. The van der Waals surface area contributed by atoms with Gasteiger partial charge in [-0.25, -0.2) is 0 Å². The first-order valence-electron chi connectivity index (χ1n) is 11.1. The third kappa shape index (κ3) is 2.74. The smallest absolute Gasteiger partial charge is 0.167 e. The molecule has 14 heteroatoms. The number of allylic oxidation sites excluding steroid dienone is 4. The molecule has 0 amide bonds. The van der Waals surface area contributed by atoms with Crippen LogP contribution in [0.25, 0.3) is 0 Å². The Balaban J connectivity index is 0.000000134. The van der Waals surface area contributed by atoms with Gasteiger partial charge in [0.25, 0.3) is 0 Å². The molecule has 0 saturated heterocycles.